The Morgan fingerprint density at radius 1 is 0.563 bits per heavy atom. The predicted octanol–water partition coefficient (Wildman–Crippen LogP) is 16.8. The zero-order valence-electron chi connectivity index (χ0n) is 44.9. The molecular formula is C65H54N4OPt. The molecule has 0 N–H and O–H groups in total. The molecule has 0 saturated carbocycles. The number of fused-ring (bicyclic) bond motifs is 4. The summed E-state index contributed by atoms with van der Waals surface area (Å²) in [6.45, 7) is 6.55. The fourth-order valence-electron chi connectivity index (χ4n) is 11.7. The average molecular weight is 1110 g/mol. The van der Waals surface area contributed by atoms with Crippen LogP contribution in [0.5, 0.6) is 11.5 Å². The first-order valence-electron chi connectivity index (χ1n) is 27.3. The number of hydrogen-bond donors (Lipinski definition) is 0. The Labute approximate surface area is 433 Å². The van der Waals surface area contributed by atoms with Crippen LogP contribution in [-0.4, -0.2) is 18.7 Å². The summed E-state index contributed by atoms with van der Waals surface area (Å²) in [4.78, 5) is 4.92. The summed E-state index contributed by atoms with van der Waals surface area (Å²) < 4.78 is 57.6. The monoisotopic (exact) mass is 1110 g/mol. The number of ether oxygens (including phenoxy) is 1. The average Bonchev–Trinajstić information content (AvgIpc) is 3.95. The first kappa shape index (κ1) is 38.4. The van der Waals surface area contributed by atoms with Gasteiger partial charge in [0, 0.05) is 6.20 Å². The Kier molecular flexibility index (Phi) is 9.48. The van der Waals surface area contributed by atoms with Crippen molar-refractivity contribution in [2.45, 2.75) is 70.6 Å². The molecule has 0 atom stereocenters. The van der Waals surface area contributed by atoms with Crippen molar-refractivity contribution in [1.29, 1.82) is 0 Å². The molecule has 0 unspecified atom stereocenters. The smallest absolute Gasteiger partial charge is 0.0617 e. The zero-order chi connectivity index (χ0) is 52.1. The Hall–Kier alpha value is -7.33. The van der Waals surface area contributed by atoms with Gasteiger partial charge in [-0.2, -0.15) is 0 Å². The fraction of sp³-hybridized carbons (Fsp3) is 0.169. The van der Waals surface area contributed by atoms with Gasteiger partial charge in [0.25, 0.3) is 0 Å². The molecule has 11 aromatic rings. The van der Waals surface area contributed by atoms with Crippen LogP contribution in [0.4, 0.5) is 0 Å². The van der Waals surface area contributed by atoms with Crippen molar-refractivity contribution in [1.82, 2.24) is 18.7 Å². The summed E-state index contributed by atoms with van der Waals surface area (Å²) in [6, 6.07) is 53.6. The molecule has 0 spiro atoms. The van der Waals surface area contributed by atoms with Crippen LogP contribution < -0.4 is 4.74 Å². The number of nitrogens with zero attached hydrogens (tertiary/aromatic N) is 4. The van der Waals surface area contributed by atoms with Crippen LogP contribution in [0.2, 0.25) is 0 Å². The summed E-state index contributed by atoms with van der Waals surface area (Å²) in [5.74, 6) is 2.63. The second-order valence-electron chi connectivity index (χ2n) is 20.1. The molecule has 3 heterocycles. The first-order valence-corrected chi connectivity index (χ1v) is 25.9. The molecule has 13 rings (SSSR count). The first-order chi connectivity index (χ1) is 36.9. The van der Waals surface area contributed by atoms with Crippen LogP contribution in [-0.2, 0) is 37.6 Å². The van der Waals surface area contributed by atoms with Gasteiger partial charge in [0.2, 0.25) is 0 Å². The molecular weight excluding hydrogens is 1050 g/mol. The van der Waals surface area contributed by atoms with Crippen molar-refractivity contribution < 1.29 is 30.9 Å². The molecule has 2 aliphatic rings. The number of pyridine rings is 1. The molecule has 0 bridgehead atoms. The molecule has 0 amide bonds. The van der Waals surface area contributed by atoms with E-state index >= 15 is 0 Å². The normalized spacial score (nSPS) is 14.8. The molecule has 2 aliphatic carbocycles. The van der Waals surface area contributed by atoms with E-state index in [0.717, 1.165) is 66.6 Å². The Balaban J connectivity index is 0.975. The predicted molar refractivity (Wildman–Crippen MR) is 288 cm³/mol. The van der Waals surface area contributed by atoms with Crippen molar-refractivity contribution >= 4 is 32.8 Å². The number of benzene rings is 8. The maximum atomic E-state index is 8.79. The van der Waals surface area contributed by atoms with Crippen LogP contribution in [0.1, 0.15) is 81.5 Å². The van der Waals surface area contributed by atoms with Gasteiger partial charge >= 0.3 is 337 Å². The van der Waals surface area contributed by atoms with Crippen molar-refractivity contribution in [2.24, 2.45) is 0 Å². The summed E-state index contributed by atoms with van der Waals surface area (Å²) >= 11 is 2.56. The van der Waals surface area contributed by atoms with Gasteiger partial charge < -0.3 is 0 Å². The molecule has 3 aromatic heterocycles. The summed E-state index contributed by atoms with van der Waals surface area (Å²) in [7, 11) is 0. The molecule has 350 valence electrons. The van der Waals surface area contributed by atoms with E-state index in [1.54, 1.807) is 5.56 Å². The minimum absolute atomic E-state index is 0.138. The van der Waals surface area contributed by atoms with E-state index in [9.17, 15) is 0 Å². The molecule has 0 saturated heterocycles. The summed E-state index contributed by atoms with van der Waals surface area (Å²) in [5.41, 5.74) is 17.6. The topological polar surface area (TPSA) is 36.9 Å². The van der Waals surface area contributed by atoms with Crippen LogP contribution in [0.15, 0.2) is 194 Å². The van der Waals surface area contributed by atoms with Gasteiger partial charge in [-0.3, -0.25) is 0 Å². The quantitative estimate of drug-likeness (QED) is 0.152. The second-order valence-corrected chi connectivity index (χ2v) is 21.1. The number of imidazole rings is 1. The van der Waals surface area contributed by atoms with E-state index in [1.807, 2.05) is 48.7 Å². The number of para-hydroxylation sites is 2. The Morgan fingerprint density at radius 2 is 1.23 bits per heavy atom. The van der Waals surface area contributed by atoms with E-state index in [1.165, 1.54) is 64.8 Å². The Bertz CT molecular complexity index is 4130. The molecule has 8 aromatic carbocycles. The van der Waals surface area contributed by atoms with E-state index in [0.29, 0.717) is 23.0 Å². The maximum absolute atomic E-state index is 8.79. The SMILES string of the molecule is [2H]c1c([2H])c([2H])c(-c2ccc3c(c2)c2ccc(Oc4cccc(-n5[c](=[Pt])n(-c6c(-c7ccccc7)c7c8c(c6-c6ccccc6)CCCC8CCC7)c6ccccc65)c4)cc2n3-c2cc(C(C)(C)C)ccn2)c([2H])c1[2H]. The number of rotatable bonds is 8. The van der Waals surface area contributed by atoms with Crippen molar-refractivity contribution in [3.63, 3.8) is 0 Å². The third kappa shape index (κ3) is 7.47. The Morgan fingerprint density at radius 3 is 1.92 bits per heavy atom. The van der Waals surface area contributed by atoms with Crippen LogP contribution >= 0.6 is 0 Å². The van der Waals surface area contributed by atoms with Crippen molar-refractivity contribution in [2.75, 3.05) is 0 Å². The molecule has 0 radical (unpaired) electrons. The molecule has 5 nitrogen and oxygen atoms in total. The van der Waals surface area contributed by atoms with Crippen molar-refractivity contribution in [3.8, 4) is 62.1 Å². The van der Waals surface area contributed by atoms with Gasteiger partial charge in [-0.15, -0.1) is 0 Å². The minimum atomic E-state index is -0.415. The summed E-state index contributed by atoms with van der Waals surface area (Å²) in [6.07, 6.45) is 8.87. The number of hydrogen-bond acceptors (Lipinski definition) is 2. The summed E-state index contributed by atoms with van der Waals surface area (Å²) in [5, 5.41) is 1.76. The van der Waals surface area contributed by atoms with Gasteiger partial charge in [-0.05, 0) is 28.2 Å². The van der Waals surface area contributed by atoms with Gasteiger partial charge in [0.1, 0.15) is 0 Å². The second kappa shape index (κ2) is 17.5. The minimum Gasteiger partial charge on any atom is -0.0617 e. The van der Waals surface area contributed by atoms with E-state index < -0.39 is 6.04 Å². The van der Waals surface area contributed by atoms with Crippen LogP contribution in [0.25, 0.3) is 83.4 Å². The fourth-order valence-corrected chi connectivity index (χ4v) is 12.8. The molecule has 71 heavy (non-hydrogen) atoms. The molecule has 0 aliphatic heterocycles. The zero-order valence-corrected chi connectivity index (χ0v) is 42.2. The van der Waals surface area contributed by atoms with E-state index in [-0.39, 0.29) is 35.1 Å². The van der Waals surface area contributed by atoms with Crippen molar-refractivity contribution in [3.05, 3.63) is 220 Å². The van der Waals surface area contributed by atoms with Gasteiger partial charge in [0.05, 0.1) is 6.85 Å². The van der Waals surface area contributed by atoms with E-state index in [4.69, 9.17) is 16.6 Å². The third-order valence-corrected chi connectivity index (χ3v) is 15.8. The van der Waals surface area contributed by atoms with E-state index in [2.05, 4.69) is 169 Å². The number of aromatic nitrogens is 4. The van der Waals surface area contributed by atoms with Gasteiger partial charge in [-0.1, -0.05) is 57.0 Å². The van der Waals surface area contributed by atoms with Crippen LogP contribution in [0, 0.1) is 3.80 Å². The van der Waals surface area contributed by atoms with Gasteiger partial charge in [0.15, 0.2) is 0 Å². The van der Waals surface area contributed by atoms with Gasteiger partial charge in [-0.25, -0.2) is 0 Å². The van der Waals surface area contributed by atoms with Crippen LogP contribution in [0.3, 0.4) is 0 Å². The molecule has 6 heteroatoms. The third-order valence-electron chi connectivity index (χ3n) is 14.8. The molecule has 0 fully saturated rings. The standard InChI is InChI=1S/C65H54N4O.Pt/c1-65(2,3)48-36-37-66-60(39-48)69-56-35-32-47(43-18-7-4-8-19-43)38-55(56)52-34-33-51(41-59(52)69)70-50-27-17-26-49(40-50)67-42-68(58-31-14-13-30-57(58)67)64-62(45-20-9-5-10-21-45)53-28-15-24-44-25-16-29-54(61(44)53)63(64)46-22-11-6-12-23-46;/h4-14,17-23,26-27,30-41,44H,15-16,24-25,28-29H2,1-3H3;/i4D,7D,8D,18D,19D;.